The molecule has 1 unspecified atom stereocenters. The van der Waals surface area contributed by atoms with E-state index in [4.69, 9.17) is 11.5 Å². The summed E-state index contributed by atoms with van der Waals surface area (Å²) in [6, 6.07) is -0.331. The number of carbonyl (C=O) groups excluding carboxylic acids is 1. The molecule has 22 heavy (non-hydrogen) atoms. The number of nitrogens with two attached hydrogens (primary N) is 2. The molecule has 3 heteroatoms. The van der Waals surface area contributed by atoms with Gasteiger partial charge in [0.15, 0.2) is 0 Å². The van der Waals surface area contributed by atoms with E-state index in [2.05, 4.69) is 6.92 Å². The SMILES string of the molecule is CCCCCCCCCCCCCCCC(=O)C(N)CCN. The number of hydrogen-bond donors (Lipinski definition) is 2. The van der Waals surface area contributed by atoms with Gasteiger partial charge in [0.05, 0.1) is 6.04 Å². The smallest absolute Gasteiger partial charge is 0.149 e. The minimum Gasteiger partial charge on any atom is -0.330 e. The quantitative estimate of drug-likeness (QED) is 0.382. The summed E-state index contributed by atoms with van der Waals surface area (Å²) in [6.45, 7) is 2.77. The predicted octanol–water partition coefficient (Wildman–Crippen LogP) is 4.71. The van der Waals surface area contributed by atoms with Crippen LogP contribution in [0.4, 0.5) is 0 Å². The molecule has 0 aromatic carbocycles. The summed E-state index contributed by atoms with van der Waals surface area (Å²) < 4.78 is 0. The van der Waals surface area contributed by atoms with E-state index in [9.17, 15) is 4.79 Å². The fourth-order valence-corrected chi connectivity index (χ4v) is 2.84. The molecule has 0 heterocycles. The van der Waals surface area contributed by atoms with Crippen molar-refractivity contribution in [3.05, 3.63) is 0 Å². The van der Waals surface area contributed by atoms with Crippen LogP contribution in [0, 0.1) is 0 Å². The Morgan fingerprint density at radius 3 is 1.59 bits per heavy atom. The molecule has 0 aliphatic carbocycles. The molecule has 0 amide bonds. The first-order chi connectivity index (χ1) is 10.7. The average molecular weight is 313 g/mol. The van der Waals surface area contributed by atoms with Crippen molar-refractivity contribution in [2.45, 2.75) is 109 Å². The predicted molar refractivity (Wildman–Crippen MR) is 97.0 cm³/mol. The second-order valence-electron chi connectivity index (χ2n) is 6.64. The molecule has 132 valence electrons. The highest BCUT2D eigenvalue weighted by Crippen LogP contribution is 2.13. The molecule has 0 rings (SSSR count). The van der Waals surface area contributed by atoms with E-state index < -0.39 is 0 Å². The van der Waals surface area contributed by atoms with E-state index in [-0.39, 0.29) is 11.8 Å². The number of carbonyl (C=O) groups is 1. The van der Waals surface area contributed by atoms with Crippen molar-refractivity contribution in [1.82, 2.24) is 0 Å². The first-order valence-electron chi connectivity index (χ1n) is 9.70. The lowest BCUT2D eigenvalue weighted by Gasteiger charge is -2.08. The van der Waals surface area contributed by atoms with Crippen LogP contribution in [0.25, 0.3) is 0 Å². The molecule has 0 fully saturated rings. The largest absolute Gasteiger partial charge is 0.330 e. The number of hydrogen-bond acceptors (Lipinski definition) is 3. The number of ketones is 1. The molecule has 0 bridgehead atoms. The highest BCUT2D eigenvalue weighted by atomic mass is 16.1. The van der Waals surface area contributed by atoms with Crippen LogP contribution < -0.4 is 11.5 Å². The summed E-state index contributed by atoms with van der Waals surface area (Å²) in [5.74, 6) is 0.188. The maximum absolute atomic E-state index is 11.7. The Morgan fingerprint density at radius 2 is 1.18 bits per heavy atom. The van der Waals surface area contributed by atoms with E-state index in [1.807, 2.05) is 0 Å². The van der Waals surface area contributed by atoms with Crippen LogP contribution in [0.1, 0.15) is 103 Å². The maximum atomic E-state index is 11.7. The van der Waals surface area contributed by atoms with E-state index in [0.29, 0.717) is 19.4 Å². The van der Waals surface area contributed by atoms with Crippen molar-refractivity contribution in [2.75, 3.05) is 6.54 Å². The third-order valence-electron chi connectivity index (χ3n) is 4.42. The molecule has 0 aliphatic heterocycles. The minimum atomic E-state index is -0.331. The number of Topliss-reactive ketones (excluding diaryl/α,β-unsaturated/α-hetero) is 1. The van der Waals surface area contributed by atoms with Crippen molar-refractivity contribution in [1.29, 1.82) is 0 Å². The molecular weight excluding hydrogens is 272 g/mol. The van der Waals surface area contributed by atoms with E-state index >= 15 is 0 Å². The molecular formula is C19H40N2O. The van der Waals surface area contributed by atoms with Crippen LogP contribution in [0.3, 0.4) is 0 Å². The Labute approximate surface area is 138 Å². The minimum absolute atomic E-state index is 0.188. The zero-order valence-corrected chi connectivity index (χ0v) is 15.0. The molecule has 0 aromatic heterocycles. The van der Waals surface area contributed by atoms with Crippen LogP contribution in [-0.2, 0) is 4.79 Å². The van der Waals surface area contributed by atoms with Gasteiger partial charge in [0, 0.05) is 6.42 Å². The zero-order valence-electron chi connectivity index (χ0n) is 15.0. The summed E-state index contributed by atoms with van der Waals surface area (Å²) in [6.07, 6.45) is 18.6. The van der Waals surface area contributed by atoms with Gasteiger partial charge in [-0.3, -0.25) is 4.79 Å². The molecule has 0 spiro atoms. The summed E-state index contributed by atoms with van der Waals surface area (Å²) >= 11 is 0. The van der Waals surface area contributed by atoms with Gasteiger partial charge in [-0.1, -0.05) is 84.0 Å². The van der Waals surface area contributed by atoms with Crippen LogP contribution in [0.2, 0.25) is 0 Å². The Balaban J connectivity index is 3.16. The second-order valence-corrected chi connectivity index (χ2v) is 6.64. The lowest BCUT2D eigenvalue weighted by atomic mass is 10.0. The maximum Gasteiger partial charge on any atom is 0.149 e. The van der Waals surface area contributed by atoms with Crippen LogP contribution in [0.15, 0.2) is 0 Å². The fourth-order valence-electron chi connectivity index (χ4n) is 2.84. The fraction of sp³-hybridized carbons (Fsp3) is 0.947. The lowest BCUT2D eigenvalue weighted by Crippen LogP contribution is -2.32. The third-order valence-corrected chi connectivity index (χ3v) is 4.42. The highest BCUT2D eigenvalue weighted by Gasteiger charge is 2.11. The molecule has 1 atom stereocenters. The molecule has 0 radical (unpaired) electrons. The molecule has 4 N–H and O–H groups in total. The van der Waals surface area contributed by atoms with Crippen molar-refractivity contribution < 1.29 is 4.79 Å². The Morgan fingerprint density at radius 1 is 0.773 bits per heavy atom. The molecule has 3 nitrogen and oxygen atoms in total. The van der Waals surface area contributed by atoms with Gasteiger partial charge in [0.2, 0.25) is 0 Å². The average Bonchev–Trinajstić information content (AvgIpc) is 2.51. The van der Waals surface area contributed by atoms with Crippen molar-refractivity contribution in [2.24, 2.45) is 11.5 Å². The summed E-state index contributed by atoms with van der Waals surface area (Å²) in [5.41, 5.74) is 11.2. The molecule has 0 aliphatic rings. The Kier molecular flexibility index (Phi) is 16.6. The van der Waals surface area contributed by atoms with Crippen LogP contribution in [0.5, 0.6) is 0 Å². The monoisotopic (exact) mass is 312 g/mol. The zero-order chi connectivity index (χ0) is 16.5. The van der Waals surface area contributed by atoms with Crippen LogP contribution >= 0.6 is 0 Å². The van der Waals surface area contributed by atoms with Gasteiger partial charge >= 0.3 is 0 Å². The normalized spacial score (nSPS) is 12.5. The van der Waals surface area contributed by atoms with E-state index in [1.165, 1.54) is 70.6 Å². The first-order valence-corrected chi connectivity index (χ1v) is 9.70. The van der Waals surface area contributed by atoms with E-state index in [1.54, 1.807) is 0 Å². The van der Waals surface area contributed by atoms with Gasteiger partial charge in [0.25, 0.3) is 0 Å². The summed E-state index contributed by atoms with van der Waals surface area (Å²) in [5, 5.41) is 0. The van der Waals surface area contributed by atoms with Crippen molar-refractivity contribution in [3.8, 4) is 0 Å². The summed E-state index contributed by atoms with van der Waals surface area (Å²) in [7, 11) is 0. The highest BCUT2D eigenvalue weighted by molar-refractivity contribution is 5.83. The van der Waals surface area contributed by atoms with Gasteiger partial charge in [0.1, 0.15) is 5.78 Å². The number of rotatable bonds is 17. The molecule has 0 saturated heterocycles. The Bertz CT molecular complexity index is 244. The van der Waals surface area contributed by atoms with Gasteiger partial charge < -0.3 is 11.5 Å². The van der Waals surface area contributed by atoms with Crippen molar-refractivity contribution in [3.63, 3.8) is 0 Å². The van der Waals surface area contributed by atoms with Gasteiger partial charge in [-0.2, -0.15) is 0 Å². The van der Waals surface area contributed by atoms with Crippen molar-refractivity contribution >= 4 is 5.78 Å². The van der Waals surface area contributed by atoms with Crippen LogP contribution in [-0.4, -0.2) is 18.4 Å². The van der Waals surface area contributed by atoms with E-state index in [0.717, 1.165) is 12.8 Å². The van der Waals surface area contributed by atoms with Gasteiger partial charge in [-0.05, 0) is 19.4 Å². The standard InChI is InChI=1S/C19H40N2O/c1-2-3-4-5-6-7-8-9-10-11-12-13-14-15-19(22)18(21)16-17-20/h18H,2-17,20-21H2,1H3. The second kappa shape index (κ2) is 17.0. The number of unbranched alkanes of at least 4 members (excludes halogenated alkanes) is 12. The summed E-state index contributed by atoms with van der Waals surface area (Å²) in [4.78, 5) is 11.7. The topological polar surface area (TPSA) is 69.1 Å². The van der Waals surface area contributed by atoms with Gasteiger partial charge in [-0.25, -0.2) is 0 Å². The van der Waals surface area contributed by atoms with Gasteiger partial charge in [-0.15, -0.1) is 0 Å². The Hall–Kier alpha value is -0.410. The first kappa shape index (κ1) is 21.6. The lowest BCUT2D eigenvalue weighted by molar-refractivity contribution is -0.120. The molecule has 0 aromatic rings. The molecule has 0 saturated carbocycles. The third kappa shape index (κ3) is 14.5.